The van der Waals surface area contributed by atoms with Gasteiger partial charge in [0.2, 0.25) is 0 Å². The Morgan fingerprint density at radius 3 is 2.95 bits per heavy atom. The molecule has 0 radical (unpaired) electrons. The molecule has 0 bridgehead atoms. The highest BCUT2D eigenvalue weighted by Crippen LogP contribution is 2.26. The molecule has 1 atom stereocenters. The number of nitrogens with zero attached hydrogens (tertiary/aromatic N) is 2. The van der Waals surface area contributed by atoms with Gasteiger partial charge in [-0.1, -0.05) is 0 Å². The third-order valence-corrected chi connectivity index (χ3v) is 2.83. The number of hydrogen-bond acceptors (Lipinski definition) is 5. The monoisotopic (exact) mass is 295 g/mol. The van der Waals surface area contributed by atoms with Gasteiger partial charge in [0.15, 0.2) is 0 Å². The normalized spacial score (nSPS) is 12.2. The van der Waals surface area contributed by atoms with E-state index in [9.17, 15) is 9.50 Å². The molecular formula is C14H18FN3O3. The van der Waals surface area contributed by atoms with Gasteiger partial charge in [-0.2, -0.15) is 5.10 Å². The lowest BCUT2D eigenvalue weighted by Crippen LogP contribution is -2.23. The van der Waals surface area contributed by atoms with Crippen LogP contribution in [-0.4, -0.2) is 39.2 Å². The molecule has 0 saturated heterocycles. The third kappa shape index (κ3) is 4.44. The van der Waals surface area contributed by atoms with Crippen LogP contribution in [-0.2, 0) is 13.7 Å². The molecular weight excluding hydrogens is 277 g/mol. The highest BCUT2D eigenvalue weighted by atomic mass is 19.1. The summed E-state index contributed by atoms with van der Waals surface area (Å²) < 4.78 is 20.6. The van der Waals surface area contributed by atoms with Crippen LogP contribution in [0.2, 0.25) is 0 Å². The van der Waals surface area contributed by atoms with Crippen LogP contribution in [0.25, 0.3) is 0 Å². The van der Waals surface area contributed by atoms with Gasteiger partial charge in [0.25, 0.3) is 0 Å². The maximum atomic E-state index is 13.3. The van der Waals surface area contributed by atoms with Gasteiger partial charge in [-0.3, -0.25) is 4.68 Å². The van der Waals surface area contributed by atoms with Crippen molar-refractivity contribution in [1.29, 1.82) is 0 Å². The zero-order valence-corrected chi connectivity index (χ0v) is 11.7. The maximum Gasteiger partial charge on any atom is 0.143 e. The van der Waals surface area contributed by atoms with E-state index in [4.69, 9.17) is 9.84 Å². The predicted molar refractivity (Wildman–Crippen MR) is 75.5 cm³/mol. The van der Waals surface area contributed by atoms with E-state index < -0.39 is 11.9 Å². The van der Waals surface area contributed by atoms with Crippen LogP contribution in [0.15, 0.2) is 30.6 Å². The maximum absolute atomic E-state index is 13.3. The Hall–Kier alpha value is -2.12. The molecule has 7 heteroatoms. The van der Waals surface area contributed by atoms with E-state index in [-0.39, 0.29) is 13.2 Å². The van der Waals surface area contributed by atoms with Gasteiger partial charge in [-0.25, -0.2) is 4.39 Å². The second kappa shape index (κ2) is 7.05. The first-order chi connectivity index (χ1) is 10.1. The van der Waals surface area contributed by atoms with Gasteiger partial charge in [-0.15, -0.1) is 0 Å². The van der Waals surface area contributed by atoms with Gasteiger partial charge < -0.3 is 20.3 Å². The molecule has 1 unspecified atom stereocenters. The van der Waals surface area contributed by atoms with Gasteiger partial charge in [0.05, 0.1) is 24.6 Å². The summed E-state index contributed by atoms with van der Waals surface area (Å²) in [5, 5.41) is 25.0. The minimum Gasteiger partial charge on any atom is -0.487 e. The van der Waals surface area contributed by atoms with Crippen molar-refractivity contribution in [1.82, 2.24) is 9.78 Å². The Labute approximate surface area is 121 Å². The second-order valence-electron chi connectivity index (χ2n) is 4.67. The molecule has 0 aliphatic rings. The molecule has 1 aromatic carbocycles. The molecule has 6 nitrogen and oxygen atoms in total. The van der Waals surface area contributed by atoms with E-state index in [1.54, 1.807) is 10.9 Å². The number of aliphatic hydroxyl groups excluding tert-OH is 2. The number of aryl methyl sites for hydroxylation is 1. The van der Waals surface area contributed by atoms with Crippen LogP contribution >= 0.6 is 0 Å². The zero-order chi connectivity index (χ0) is 15.2. The molecule has 2 aromatic rings. The van der Waals surface area contributed by atoms with Gasteiger partial charge in [0, 0.05) is 31.4 Å². The second-order valence-corrected chi connectivity index (χ2v) is 4.67. The number of rotatable bonds is 7. The minimum atomic E-state index is -0.917. The molecule has 0 saturated carbocycles. The van der Waals surface area contributed by atoms with Crippen LogP contribution in [0.1, 0.15) is 5.56 Å². The highest BCUT2D eigenvalue weighted by molar-refractivity contribution is 5.56. The van der Waals surface area contributed by atoms with Crippen LogP contribution < -0.4 is 10.1 Å². The summed E-state index contributed by atoms with van der Waals surface area (Å²) in [6.45, 7) is 0.0358. The average molecular weight is 295 g/mol. The third-order valence-electron chi connectivity index (χ3n) is 2.83. The van der Waals surface area contributed by atoms with E-state index in [0.29, 0.717) is 18.0 Å². The van der Waals surface area contributed by atoms with E-state index in [2.05, 4.69) is 10.4 Å². The number of aliphatic hydroxyl groups is 2. The van der Waals surface area contributed by atoms with Crippen LogP contribution in [0.5, 0.6) is 5.75 Å². The average Bonchev–Trinajstić information content (AvgIpc) is 2.89. The fraction of sp³-hybridized carbons (Fsp3) is 0.357. The van der Waals surface area contributed by atoms with Crippen LogP contribution in [0.4, 0.5) is 10.1 Å². The highest BCUT2D eigenvalue weighted by Gasteiger charge is 2.09. The molecule has 0 aliphatic carbocycles. The van der Waals surface area contributed by atoms with E-state index in [1.807, 2.05) is 13.2 Å². The van der Waals surface area contributed by atoms with Crippen molar-refractivity contribution in [3.8, 4) is 5.75 Å². The van der Waals surface area contributed by atoms with Crippen molar-refractivity contribution in [2.75, 3.05) is 18.5 Å². The number of aromatic nitrogens is 2. The van der Waals surface area contributed by atoms with E-state index in [1.165, 1.54) is 18.2 Å². The first kappa shape index (κ1) is 15.3. The Bertz CT molecular complexity index is 589. The lowest BCUT2D eigenvalue weighted by Gasteiger charge is -2.14. The molecule has 0 spiro atoms. The van der Waals surface area contributed by atoms with E-state index in [0.717, 1.165) is 5.56 Å². The van der Waals surface area contributed by atoms with E-state index >= 15 is 0 Å². The summed E-state index contributed by atoms with van der Waals surface area (Å²) in [6, 6.07) is 4.09. The Kier molecular flexibility index (Phi) is 5.13. The smallest absolute Gasteiger partial charge is 0.143 e. The summed E-state index contributed by atoms with van der Waals surface area (Å²) >= 11 is 0. The van der Waals surface area contributed by atoms with Crippen molar-refractivity contribution >= 4 is 5.69 Å². The lowest BCUT2D eigenvalue weighted by atomic mass is 10.2. The van der Waals surface area contributed by atoms with Gasteiger partial charge in [-0.05, 0) is 12.1 Å². The van der Waals surface area contributed by atoms with Crippen molar-refractivity contribution in [2.24, 2.45) is 7.05 Å². The fourth-order valence-corrected chi connectivity index (χ4v) is 1.77. The summed E-state index contributed by atoms with van der Waals surface area (Å²) in [4.78, 5) is 0. The molecule has 2 rings (SSSR count). The Balaban J connectivity index is 2.03. The quantitative estimate of drug-likeness (QED) is 0.707. The summed E-state index contributed by atoms with van der Waals surface area (Å²) in [5.41, 5.74) is 1.31. The lowest BCUT2D eigenvalue weighted by molar-refractivity contribution is 0.105. The molecule has 0 amide bonds. The Morgan fingerprint density at radius 2 is 2.29 bits per heavy atom. The summed E-state index contributed by atoms with van der Waals surface area (Å²) in [5.74, 6) is 0.0510. The van der Waals surface area contributed by atoms with Gasteiger partial charge >= 0.3 is 0 Å². The van der Waals surface area contributed by atoms with Crippen molar-refractivity contribution in [3.05, 3.63) is 42.0 Å². The van der Waals surface area contributed by atoms with Crippen molar-refractivity contribution in [2.45, 2.75) is 12.7 Å². The molecule has 3 N–H and O–H groups in total. The van der Waals surface area contributed by atoms with Crippen molar-refractivity contribution in [3.63, 3.8) is 0 Å². The SMILES string of the molecule is Cn1cc(COc2ccc(F)cc2NCC(O)CO)cn1. The number of ether oxygens (including phenoxy) is 1. The number of nitrogens with one attached hydrogen (secondary N) is 1. The predicted octanol–water partition coefficient (Wildman–Crippen LogP) is 0.903. The molecule has 0 aliphatic heterocycles. The first-order valence-electron chi connectivity index (χ1n) is 6.51. The molecule has 0 fully saturated rings. The molecule has 1 aromatic heterocycles. The van der Waals surface area contributed by atoms with Crippen molar-refractivity contribution < 1.29 is 19.3 Å². The van der Waals surface area contributed by atoms with Crippen LogP contribution in [0.3, 0.4) is 0 Å². The fourth-order valence-electron chi connectivity index (χ4n) is 1.77. The molecule has 1 heterocycles. The van der Waals surface area contributed by atoms with Gasteiger partial charge in [0.1, 0.15) is 18.2 Å². The number of benzene rings is 1. The minimum absolute atomic E-state index is 0.100. The topological polar surface area (TPSA) is 79.5 Å². The summed E-state index contributed by atoms with van der Waals surface area (Å²) in [6.07, 6.45) is 2.59. The number of hydrogen-bond donors (Lipinski definition) is 3. The number of anilines is 1. The zero-order valence-electron chi connectivity index (χ0n) is 11.7. The Morgan fingerprint density at radius 1 is 1.48 bits per heavy atom. The largest absolute Gasteiger partial charge is 0.487 e. The van der Waals surface area contributed by atoms with Crippen LogP contribution in [0, 0.1) is 5.82 Å². The molecule has 114 valence electrons. The summed E-state index contributed by atoms with van der Waals surface area (Å²) in [7, 11) is 1.81. The first-order valence-corrected chi connectivity index (χ1v) is 6.51. The molecule has 21 heavy (non-hydrogen) atoms. The number of halogens is 1. The standard InChI is InChI=1S/C14H18FN3O3/c1-18-7-10(5-17-18)9-21-14-3-2-11(15)4-13(14)16-6-12(20)8-19/h2-5,7,12,16,19-20H,6,8-9H2,1H3.